The predicted octanol–water partition coefficient (Wildman–Crippen LogP) is 3.55. The highest BCUT2D eigenvalue weighted by Crippen LogP contribution is 2.23. The van der Waals surface area contributed by atoms with Gasteiger partial charge in [0.1, 0.15) is 0 Å². The van der Waals surface area contributed by atoms with Crippen LogP contribution in [0.4, 0.5) is 0 Å². The average molecular weight is 281 g/mol. The molecule has 3 heteroatoms. The van der Waals surface area contributed by atoms with Crippen LogP contribution in [0.2, 0.25) is 0 Å². The number of hydrogen-bond donors (Lipinski definition) is 1. The Labute approximate surface area is 120 Å². The van der Waals surface area contributed by atoms with Crippen molar-refractivity contribution in [2.24, 2.45) is 0 Å². The average Bonchev–Trinajstić information content (AvgIpc) is 2.34. The summed E-state index contributed by atoms with van der Waals surface area (Å²) in [6.45, 7) is 8.78. The predicted molar refractivity (Wildman–Crippen MR) is 85.9 cm³/mol. The molecule has 100 valence electrons. The van der Waals surface area contributed by atoms with E-state index in [0.29, 0.717) is 0 Å². The van der Waals surface area contributed by atoms with E-state index in [-0.39, 0.29) is 0 Å². The SMILES string of the molecule is Cc1cc(C)c(CNCC2CSCCS2)c(C)c1. The Hall–Kier alpha value is -0.120. The molecule has 2 rings (SSSR count). The van der Waals surface area contributed by atoms with E-state index in [1.807, 2.05) is 0 Å². The molecule has 1 atom stereocenters. The van der Waals surface area contributed by atoms with E-state index in [4.69, 9.17) is 0 Å². The summed E-state index contributed by atoms with van der Waals surface area (Å²) in [5, 5.41) is 4.44. The number of hydrogen-bond acceptors (Lipinski definition) is 3. The molecule has 0 radical (unpaired) electrons. The highest BCUT2D eigenvalue weighted by atomic mass is 32.2. The fourth-order valence-electron chi connectivity index (χ4n) is 2.50. The van der Waals surface area contributed by atoms with Gasteiger partial charge in [-0.15, -0.1) is 0 Å². The molecule has 1 aromatic rings. The maximum atomic E-state index is 3.64. The van der Waals surface area contributed by atoms with Gasteiger partial charge in [-0.2, -0.15) is 23.5 Å². The van der Waals surface area contributed by atoms with Gasteiger partial charge in [0.2, 0.25) is 0 Å². The first-order valence-corrected chi connectivity index (χ1v) is 8.84. The van der Waals surface area contributed by atoms with Crippen LogP contribution in [0.5, 0.6) is 0 Å². The highest BCUT2D eigenvalue weighted by Gasteiger charge is 2.13. The second-order valence-corrected chi connectivity index (χ2v) is 7.63. The van der Waals surface area contributed by atoms with Crippen LogP contribution in [0.25, 0.3) is 0 Å². The Balaban J connectivity index is 1.86. The maximum Gasteiger partial charge on any atom is 0.0263 e. The summed E-state index contributed by atoms with van der Waals surface area (Å²) in [5.41, 5.74) is 5.69. The molecule has 1 saturated heterocycles. The number of nitrogens with one attached hydrogen (secondary N) is 1. The summed E-state index contributed by atoms with van der Waals surface area (Å²) in [6, 6.07) is 4.57. The molecule has 0 aliphatic carbocycles. The second-order valence-electron chi connectivity index (χ2n) is 5.08. The first-order chi connectivity index (χ1) is 8.66. The summed E-state index contributed by atoms with van der Waals surface area (Å²) < 4.78 is 0. The minimum Gasteiger partial charge on any atom is -0.312 e. The molecule has 0 aromatic heterocycles. The van der Waals surface area contributed by atoms with E-state index < -0.39 is 0 Å². The van der Waals surface area contributed by atoms with Gasteiger partial charge in [-0.05, 0) is 37.5 Å². The molecule has 1 aromatic carbocycles. The molecule has 0 amide bonds. The van der Waals surface area contributed by atoms with Crippen molar-refractivity contribution in [3.63, 3.8) is 0 Å². The van der Waals surface area contributed by atoms with Crippen molar-refractivity contribution in [2.45, 2.75) is 32.6 Å². The van der Waals surface area contributed by atoms with Crippen LogP contribution in [0.1, 0.15) is 22.3 Å². The van der Waals surface area contributed by atoms with Crippen molar-refractivity contribution in [1.82, 2.24) is 5.32 Å². The van der Waals surface area contributed by atoms with Crippen LogP contribution in [0, 0.1) is 20.8 Å². The lowest BCUT2D eigenvalue weighted by Crippen LogP contribution is -2.29. The Morgan fingerprint density at radius 2 is 1.89 bits per heavy atom. The van der Waals surface area contributed by atoms with Crippen molar-refractivity contribution in [3.05, 3.63) is 34.4 Å². The van der Waals surface area contributed by atoms with Crippen molar-refractivity contribution in [3.8, 4) is 0 Å². The lowest BCUT2D eigenvalue weighted by Gasteiger charge is -2.21. The molecular formula is C15H23NS2. The van der Waals surface area contributed by atoms with Gasteiger partial charge in [0.05, 0.1) is 0 Å². The van der Waals surface area contributed by atoms with Gasteiger partial charge in [-0.3, -0.25) is 0 Å². The van der Waals surface area contributed by atoms with E-state index in [1.165, 1.54) is 39.5 Å². The third kappa shape index (κ3) is 3.94. The van der Waals surface area contributed by atoms with Crippen LogP contribution < -0.4 is 5.32 Å². The third-order valence-electron chi connectivity index (χ3n) is 3.40. The molecule has 1 nitrogen and oxygen atoms in total. The summed E-state index contributed by atoms with van der Waals surface area (Å²) in [4.78, 5) is 0. The van der Waals surface area contributed by atoms with E-state index in [0.717, 1.165) is 18.3 Å². The first-order valence-electron chi connectivity index (χ1n) is 6.63. The van der Waals surface area contributed by atoms with Gasteiger partial charge in [0, 0.05) is 35.6 Å². The number of rotatable bonds is 4. The summed E-state index contributed by atoms with van der Waals surface area (Å²) in [7, 11) is 0. The van der Waals surface area contributed by atoms with Crippen molar-refractivity contribution in [1.29, 1.82) is 0 Å². The summed E-state index contributed by atoms with van der Waals surface area (Å²) in [5.74, 6) is 3.96. The minimum atomic E-state index is 0.801. The highest BCUT2D eigenvalue weighted by molar-refractivity contribution is 8.06. The molecule has 1 unspecified atom stereocenters. The van der Waals surface area contributed by atoms with Crippen LogP contribution in [0.3, 0.4) is 0 Å². The Bertz CT molecular complexity index is 374. The van der Waals surface area contributed by atoms with Crippen molar-refractivity contribution < 1.29 is 0 Å². The standard InChI is InChI=1S/C15H23NS2/c1-11-6-12(2)15(13(3)7-11)9-16-8-14-10-17-4-5-18-14/h6-7,14,16H,4-5,8-10H2,1-3H3. The molecule has 1 aliphatic rings. The smallest absolute Gasteiger partial charge is 0.0263 e. The molecule has 1 N–H and O–H groups in total. The second kappa shape index (κ2) is 6.88. The largest absolute Gasteiger partial charge is 0.312 e. The summed E-state index contributed by atoms with van der Waals surface area (Å²) in [6.07, 6.45) is 0. The van der Waals surface area contributed by atoms with Crippen molar-refractivity contribution >= 4 is 23.5 Å². The molecule has 0 saturated carbocycles. The zero-order chi connectivity index (χ0) is 13.0. The van der Waals surface area contributed by atoms with Gasteiger partial charge in [-0.1, -0.05) is 17.7 Å². The van der Waals surface area contributed by atoms with Gasteiger partial charge < -0.3 is 5.32 Å². The van der Waals surface area contributed by atoms with Crippen LogP contribution in [0.15, 0.2) is 12.1 Å². The molecule has 1 heterocycles. The molecule has 0 bridgehead atoms. The summed E-state index contributed by atoms with van der Waals surface area (Å²) >= 11 is 4.22. The molecular weight excluding hydrogens is 258 g/mol. The van der Waals surface area contributed by atoms with Crippen LogP contribution in [-0.2, 0) is 6.54 Å². The molecule has 0 spiro atoms. The number of thioether (sulfide) groups is 2. The fraction of sp³-hybridized carbons (Fsp3) is 0.600. The van der Waals surface area contributed by atoms with Gasteiger partial charge >= 0.3 is 0 Å². The van der Waals surface area contributed by atoms with Crippen LogP contribution >= 0.6 is 23.5 Å². The van der Waals surface area contributed by atoms with Crippen molar-refractivity contribution in [2.75, 3.05) is 23.8 Å². The van der Waals surface area contributed by atoms with Gasteiger partial charge in [0.15, 0.2) is 0 Å². The lowest BCUT2D eigenvalue weighted by molar-refractivity contribution is 0.681. The topological polar surface area (TPSA) is 12.0 Å². The minimum absolute atomic E-state index is 0.801. The first kappa shape index (κ1) is 14.3. The number of benzene rings is 1. The van der Waals surface area contributed by atoms with E-state index in [2.05, 4.69) is 61.7 Å². The van der Waals surface area contributed by atoms with Gasteiger partial charge in [0.25, 0.3) is 0 Å². The fourth-order valence-corrected chi connectivity index (χ4v) is 5.15. The van der Waals surface area contributed by atoms with Crippen LogP contribution in [-0.4, -0.2) is 29.1 Å². The van der Waals surface area contributed by atoms with E-state index >= 15 is 0 Å². The van der Waals surface area contributed by atoms with Gasteiger partial charge in [-0.25, -0.2) is 0 Å². The molecule has 1 fully saturated rings. The monoisotopic (exact) mass is 281 g/mol. The lowest BCUT2D eigenvalue weighted by atomic mass is 10.00. The molecule has 1 aliphatic heterocycles. The van der Waals surface area contributed by atoms with E-state index in [9.17, 15) is 0 Å². The quantitative estimate of drug-likeness (QED) is 0.906. The Morgan fingerprint density at radius 3 is 2.50 bits per heavy atom. The zero-order valence-electron chi connectivity index (χ0n) is 11.6. The number of aryl methyl sites for hydroxylation is 3. The van der Waals surface area contributed by atoms with E-state index in [1.54, 1.807) is 0 Å². The Morgan fingerprint density at radius 1 is 1.17 bits per heavy atom. The normalized spacial score (nSPS) is 20.1. The Kier molecular flexibility index (Phi) is 5.46. The third-order valence-corrected chi connectivity index (χ3v) is 6.24. The molecule has 18 heavy (non-hydrogen) atoms. The zero-order valence-corrected chi connectivity index (χ0v) is 13.2. The maximum absolute atomic E-state index is 3.64.